The standard InChI is InChI=1S/C16H15ClFNO3S/c1-11-14(17)6-3-7-15(11)19(10-16(20)21)23(22)13-5-2-4-12(18)8-9-13/h2-3,5-9H,4,10H2,1H3,(H,20,21). The molecule has 0 heterocycles. The van der Waals surface area contributed by atoms with Crippen LogP contribution in [0.5, 0.6) is 0 Å². The Morgan fingerprint density at radius 2 is 2.17 bits per heavy atom. The van der Waals surface area contributed by atoms with E-state index in [4.69, 9.17) is 16.7 Å². The second-order valence-electron chi connectivity index (χ2n) is 4.85. The molecule has 1 N–H and O–H groups in total. The van der Waals surface area contributed by atoms with Gasteiger partial charge >= 0.3 is 5.97 Å². The zero-order chi connectivity index (χ0) is 17.0. The molecule has 2 rings (SSSR count). The Bertz CT molecular complexity index is 743. The number of halogens is 2. The van der Waals surface area contributed by atoms with Gasteiger partial charge in [0, 0.05) is 11.4 Å². The van der Waals surface area contributed by atoms with E-state index < -0.39 is 23.5 Å². The highest BCUT2D eigenvalue weighted by atomic mass is 35.5. The van der Waals surface area contributed by atoms with E-state index in [0.717, 1.165) is 0 Å². The molecule has 4 nitrogen and oxygen atoms in total. The van der Waals surface area contributed by atoms with Crippen molar-refractivity contribution < 1.29 is 18.5 Å². The van der Waals surface area contributed by atoms with Crippen LogP contribution in [0.15, 0.2) is 53.2 Å². The lowest BCUT2D eigenvalue weighted by Crippen LogP contribution is -2.32. The monoisotopic (exact) mass is 355 g/mol. The Kier molecular flexibility index (Phi) is 5.74. The maximum Gasteiger partial charge on any atom is 0.324 e. The third-order valence-electron chi connectivity index (χ3n) is 3.21. The van der Waals surface area contributed by atoms with Crippen LogP contribution >= 0.6 is 11.6 Å². The van der Waals surface area contributed by atoms with Crippen LogP contribution in [0.1, 0.15) is 12.0 Å². The minimum Gasteiger partial charge on any atom is -0.480 e. The first-order valence-electron chi connectivity index (χ1n) is 6.79. The first kappa shape index (κ1) is 17.4. The zero-order valence-electron chi connectivity index (χ0n) is 12.3. The summed E-state index contributed by atoms with van der Waals surface area (Å²) in [6, 6.07) is 4.98. The van der Waals surface area contributed by atoms with Gasteiger partial charge in [-0.3, -0.25) is 9.10 Å². The van der Waals surface area contributed by atoms with Crippen molar-refractivity contribution in [1.29, 1.82) is 0 Å². The maximum atomic E-state index is 13.3. The average molecular weight is 356 g/mol. The summed E-state index contributed by atoms with van der Waals surface area (Å²) in [5.74, 6) is -1.48. The number of aliphatic carboxylic acids is 1. The number of carbonyl (C=O) groups is 1. The third-order valence-corrected chi connectivity index (χ3v) is 5.02. The fourth-order valence-electron chi connectivity index (χ4n) is 2.05. The summed E-state index contributed by atoms with van der Waals surface area (Å²) in [6.07, 6.45) is 5.83. The molecule has 7 heteroatoms. The molecular weight excluding hydrogens is 341 g/mol. The van der Waals surface area contributed by atoms with E-state index in [-0.39, 0.29) is 12.2 Å². The molecule has 1 aromatic carbocycles. The van der Waals surface area contributed by atoms with E-state index in [2.05, 4.69) is 0 Å². The number of allylic oxidation sites excluding steroid dienone is 5. The highest BCUT2D eigenvalue weighted by Crippen LogP contribution is 2.29. The van der Waals surface area contributed by atoms with E-state index in [0.29, 0.717) is 21.2 Å². The number of benzene rings is 1. The summed E-state index contributed by atoms with van der Waals surface area (Å²) in [7, 11) is -1.80. The molecular formula is C16H15ClFNO3S. The average Bonchev–Trinajstić information content (AvgIpc) is 2.72. The topological polar surface area (TPSA) is 57.6 Å². The van der Waals surface area contributed by atoms with Gasteiger partial charge in [-0.15, -0.1) is 0 Å². The largest absolute Gasteiger partial charge is 0.480 e. The predicted octanol–water partition coefficient (Wildman–Crippen LogP) is 3.90. The Labute approximate surface area is 141 Å². The molecule has 1 unspecified atom stereocenters. The van der Waals surface area contributed by atoms with Crippen molar-refractivity contribution in [3.8, 4) is 0 Å². The van der Waals surface area contributed by atoms with Crippen LogP contribution in [-0.2, 0) is 15.8 Å². The fraction of sp³-hybridized carbons (Fsp3) is 0.188. The summed E-state index contributed by atoms with van der Waals surface area (Å²) >= 11 is 6.07. The Morgan fingerprint density at radius 3 is 2.87 bits per heavy atom. The number of hydrogen-bond donors (Lipinski definition) is 1. The van der Waals surface area contributed by atoms with Gasteiger partial charge in [0.15, 0.2) is 11.0 Å². The summed E-state index contributed by atoms with van der Waals surface area (Å²) < 4.78 is 27.3. The normalized spacial score (nSPS) is 15.4. The van der Waals surface area contributed by atoms with Crippen molar-refractivity contribution in [2.75, 3.05) is 10.8 Å². The van der Waals surface area contributed by atoms with Gasteiger partial charge in [-0.2, -0.15) is 0 Å². The zero-order valence-corrected chi connectivity index (χ0v) is 13.9. The molecule has 0 fully saturated rings. The van der Waals surface area contributed by atoms with Crippen molar-refractivity contribution in [3.05, 3.63) is 63.8 Å². The van der Waals surface area contributed by atoms with E-state index >= 15 is 0 Å². The molecule has 1 aliphatic rings. The number of carboxylic acid groups (broad SMARTS) is 1. The highest BCUT2D eigenvalue weighted by molar-refractivity contribution is 7.90. The minimum absolute atomic E-state index is 0.117. The Morgan fingerprint density at radius 1 is 1.43 bits per heavy atom. The molecule has 0 aromatic heterocycles. The fourth-order valence-corrected chi connectivity index (χ4v) is 3.47. The number of carboxylic acids is 1. The molecule has 0 spiro atoms. The molecule has 0 bridgehead atoms. The van der Waals surface area contributed by atoms with Crippen molar-refractivity contribution in [3.63, 3.8) is 0 Å². The summed E-state index contributed by atoms with van der Waals surface area (Å²) in [6.45, 7) is 1.26. The summed E-state index contributed by atoms with van der Waals surface area (Å²) in [5, 5.41) is 9.58. The van der Waals surface area contributed by atoms with E-state index in [1.54, 1.807) is 31.2 Å². The molecule has 1 atom stereocenters. The van der Waals surface area contributed by atoms with Crippen LogP contribution in [0.2, 0.25) is 5.02 Å². The van der Waals surface area contributed by atoms with Crippen LogP contribution in [0.25, 0.3) is 0 Å². The molecule has 1 aliphatic carbocycles. The first-order valence-corrected chi connectivity index (χ1v) is 8.28. The van der Waals surface area contributed by atoms with E-state index in [1.807, 2.05) is 0 Å². The number of hydrogen-bond acceptors (Lipinski definition) is 2. The molecule has 1 aromatic rings. The number of rotatable bonds is 5. The van der Waals surface area contributed by atoms with Gasteiger partial charge in [0.1, 0.15) is 12.4 Å². The molecule has 0 radical (unpaired) electrons. The third kappa shape index (κ3) is 4.30. The van der Waals surface area contributed by atoms with Crippen LogP contribution in [0.4, 0.5) is 10.1 Å². The lowest BCUT2D eigenvalue weighted by Gasteiger charge is -2.24. The van der Waals surface area contributed by atoms with E-state index in [9.17, 15) is 13.4 Å². The Balaban J connectivity index is 2.45. The number of nitrogens with zero attached hydrogens (tertiary/aromatic N) is 1. The Hall–Kier alpha value is -1.92. The maximum absolute atomic E-state index is 13.3. The van der Waals surface area contributed by atoms with Gasteiger partial charge in [-0.1, -0.05) is 23.7 Å². The predicted molar refractivity (Wildman–Crippen MR) is 90.3 cm³/mol. The highest BCUT2D eigenvalue weighted by Gasteiger charge is 2.22. The smallest absolute Gasteiger partial charge is 0.324 e. The quantitative estimate of drug-likeness (QED) is 0.871. The van der Waals surface area contributed by atoms with Gasteiger partial charge < -0.3 is 5.11 Å². The summed E-state index contributed by atoms with van der Waals surface area (Å²) in [4.78, 5) is 11.5. The first-order chi connectivity index (χ1) is 10.9. The van der Waals surface area contributed by atoms with Crippen molar-refractivity contribution in [2.45, 2.75) is 13.3 Å². The molecule has 0 saturated heterocycles. The van der Waals surface area contributed by atoms with Crippen LogP contribution in [-0.4, -0.2) is 21.8 Å². The summed E-state index contributed by atoms with van der Waals surface area (Å²) in [5.41, 5.74) is 1.09. The van der Waals surface area contributed by atoms with Crippen molar-refractivity contribution in [1.82, 2.24) is 0 Å². The van der Waals surface area contributed by atoms with Gasteiger partial charge in [0.25, 0.3) is 0 Å². The SMILES string of the molecule is Cc1c(Cl)cccc1N(CC(=O)O)S(=O)C1=CC=C(F)CC=C1. The van der Waals surface area contributed by atoms with Crippen LogP contribution < -0.4 is 4.31 Å². The van der Waals surface area contributed by atoms with Crippen molar-refractivity contribution in [2.24, 2.45) is 0 Å². The van der Waals surface area contributed by atoms with E-state index in [1.165, 1.54) is 22.5 Å². The molecule has 0 amide bonds. The van der Waals surface area contributed by atoms with Crippen molar-refractivity contribution >= 4 is 34.2 Å². The van der Waals surface area contributed by atoms with Crippen LogP contribution in [0.3, 0.4) is 0 Å². The van der Waals surface area contributed by atoms with Gasteiger partial charge in [-0.25, -0.2) is 8.60 Å². The molecule has 0 aliphatic heterocycles. The molecule has 23 heavy (non-hydrogen) atoms. The second-order valence-corrected chi connectivity index (χ2v) is 6.67. The lowest BCUT2D eigenvalue weighted by molar-refractivity contribution is -0.135. The van der Waals surface area contributed by atoms with Crippen LogP contribution in [0, 0.1) is 6.92 Å². The minimum atomic E-state index is -1.80. The van der Waals surface area contributed by atoms with Gasteiger partial charge in [0.2, 0.25) is 0 Å². The molecule has 0 saturated carbocycles. The molecule has 122 valence electrons. The lowest BCUT2D eigenvalue weighted by atomic mass is 10.2. The number of anilines is 1. The van der Waals surface area contributed by atoms with Gasteiger partial charge in [-0.05, 0) is 42.8 Å². The second kappa shape index (κ2) is 7.57. The van der Waals surface area contributed by atoms with Gasteiger partial charge in [0.05, 0.1) is 10.6 Å².